The highest BCUT2D eigenvalue weighted by Crippen LogP contribution is 2.33. The Balaban J connectivity index is 2.63. The van der Waals surface area contributed by atoms with Gasteiger partial charge in [0.2, 0.25) is 0 Å². The lowest BCUT2D eigenvalue weighted by molar-refractivity contribution is -0.170. The van der Waals surface area contributed by atoms with Gasteiger partial charge in [-0.1, -0.05) is 32.8 Å². The zero-order valence-corrected chi connectivity index (χ0v) is 12.1. The molecule has 1 aliphatic heterocycles. The van der Waals surface area contributed by atoms with Crippen molar-refractivity contribution in [2.45, 2.75) is 65.1 Å². The number of rotatable bonds is 5. The molecule has 18 heavy (non-hydrogen) atoms. The molecule has 1 aliphatic rings. The second-order valence-electron chi connectivity index (χ2n) is 5.31. The molecule has 1 rings (SSSR count). The molecule has 1 heterocycles. The summed E-state index contributed by atoms with van der Waals surface area (Å²) in [6.45, 7) is 8.90. The van der Waals surface area contributed by atoms with Crippen molar-refractivity contribution in [2.75, 3.05) is 6.61 Å². The highest BCUT2D eigenvalue weighted by atomic mass is 16.6. The van der Waals surface area contributed by atoms with Gasteiger partial charge in [-0.25, -0.2) is 4.79 Å². The first-order chi connectivity index (χ1) is 8.54. The summed E-state index contributed by atoms with van der Waals surface area (Å²) >= 11 is 0. The van der Waals surface area contributed by atoms with Crippen molar-refractivity contribution < 1.29 is 14.3 Å². The van der Waals surface area contributed by atoms with Crippen molar-refractivity contribution in [3.63, 3.8) is 0 Å². The Kier molecular flexibility index (Phi) is 5.86. The van der Waals surface area contributed by atoms with Gasteiger partial charge in [0.25, 0.3) is 0 Å². The van der Waals surface area contributed by atoms with Crippen molar-refractivity contribution in [3.05, 3.63) is 12.2 Å². The van der Waals surface area contributed by atoms with E-state index in [1.54, 1.807) is 6.08 Å². The molecule has 0 radical (unpaired) electrons. The Labute approximate surface area is 111 Å². The zero-order valence-electron chi connectivity index (χ0n) is 12.1. The second-order valence-corrected chi connectivity index (χ2v) is 5.31. The predicted molar refractivity (Wildman–Crippen MR) is 72.4 cm³/mol. The Morgan fingerprint density at radius 1 is 1.50 bits per heavy atom. The summed E-state index contributed by atoms with van der Waals surface area (Å²) in [7, 11) is 0. The quantitative estimate of drug-likeness (QED) is 0.556. The van der Waals surface area contributed by atoms with E-state index in [1.165, 1.54) is 6.08 Å². The Morgan fingerprint density at radius 2 is 2.17 bits per heavy atom. The normalized spacial score (nSPS) is 28.8. The number of ether oxygens (including phenoxy) is 2. The van der Waals surface area contributed by atoms with Gasteiger partial charge in [0, 0.05) is 18.9 Å². The van der Waals surface area contributed by atoms with Gasteiger partial charge in [-0.2, -0.15) is 0 Å². The summed E-state index contributed by atoms with van der Waals surface area (Å²) < 4.78 is 11.4. The van der Waals surface area contributed by atoms with Crippen molar-refractivity contribution in [1.82, 2.24) is 0 Å². The van der Waals surface area contributed by atoms with Crippen LogP contribution in [0.25, 0.3) is 0 Å². The smallest absolute Gasteiger partial charge is 0.330 e. The molecule has 0 N–H and O–H groups in total. The number of carbonyl (C=O) groups excluding carboxylic acids is 1. The predicted octanol–water partition coefficient (Wildman–Crippen LogP) is 3.48. The molecular weight excluding hydrogens is 228 g/mol. The first-order valence-electron chi connectivity index (χ1n) is 7.02. The largest absolute Gasteiger partial charge is 0.456 e. The van der Waals surface area contributed by atoms with Gasteiger partial charge >= 0.3 is 5.97 Å². The molecule has 2 unspecified atom stereocenters. The summed E-state index contributed by atoms with van der Waals surface area (Å²) in [6, 6.07) is 0. The third kappa shape index (κ3) is 4.13. The average molecular weight is 254 g/mol. The Hall–Kier alpha value is -0.830. The van der Waals surface area contributed by atoms with Gasteiger partial charge in [0.15, 0.2) is 0 Å². The molecule has 0 saturated carbocycles. The fourth-order valence-corrected chi connectivity index (χ4v) is 2.64. The minimum atomic E-state index is -0.373. The van der Waals surface area contributed by atoms with Crippen LogP contribution in [-0.2, 0) is 14.3 Å². The van der Waals surface area contributed by atoms with E-state index in [-0.39, 0.29) is 17.7 Å². The topological polar surface area (TPSA) is 35.5 Å². The summed E-state index contributed by atoms with van der Waals surface area (Å²) in [4.78, 5) is 11.6. The van der Waals surface area contributed by atoms with E-state index < -0.39 is 0 Å². The molecule has 0 aromatic carbocycles. The summed E-state index contributed by atoms with van der Waals surface area (Å²) in [5.74, 6) is 0.315. The van der Waals surface area contributed by atoms with Gasteiger partial charge in [-0.3, -0.25) is 0 Å². The first kappa shape index (κ1) is 15.2. The molecule has 1 saturated heterocycles. The number of esters is 1. The molecule has 1 fully saturated rings. The molecule has 2 atom stereocenters. The molecule has 0 aromatic heterocycles. The Morgan fingerprint density at radius 3 is 2.72 bits per heavy atom. The van der Waals surface area contributed by atoms with E-state index in [0.717, 1.165) is 25.7 Å². The van der Waals surface area contributed by atoms with Crippen LogP contribution in [-0.4, -0.2) is 24.3 Å². The second kappa shape index (κ2) is 6.93. The number of hydrogen-bond donors (Lipinski definition) is 0. The molecule has 3 heteroatoms. The van der Waals surface area contributed by atoms with E-state index in [9.17, 15) is 4.79 Å². The van der Waals surface area contributed by atoms with Crippen LogP contribution in [0.3, 0.4) is 0 Å². The highest BCUT2D eigenvalue weighted by molar-refractivity contribution is 5.82. The van der Waals surface area contributed by atoms with Crippen LogP contribution in [0.1, 0.15) is 53.4 Å². The highest BCUT2D eigenvalue weighted by Gasteiger charge is 2.38. The van der Waals surface area contributed by atoms with Crippen molar-refractivity contribution in [2.24, 2.45) is 5.92 Å². The van der Waals surface area contributed by atoms with Gasteiger partial charge in [0.05, 0.1) is 12.7 Å². The van der Waals surface area contributed by atoms with Crippen molar-refractivity contribution in [1.29, 1.82) is 0 Å². The Bertz CT molecular complexity index is 294. The average Bonchev–Trinajstić information content (AvgIpc) is 2.30. The molecule has 0 spiro atoms. The van der Waals surface area contributed by atoms with E-state index in [1.807, 2.05) is 13.8 Å². The van der Waals surface area contributed by atoms with E-state index in [2.05, 4.69) is 13.8 Å². The maximum atomic E-state index is 11.6. The van der Waals surface area contributed by atoms with E-state index in [4.69, 9.17) is 9.47 Å². The molecule has 0 bridgehead atoms. The molecule has 0 aromatic rings. The lowest BCUT2D eigenvalue weighted by Gasteiger charge is -2.40. The zero-order chi connectivity index (χ0) is 13.6. The third-order valence-corrected chi connectivity index (χ3v) is 3.82. The van der Waals surface area contributed by atoms with Crippen LogP contribution in [0.5, 0.6) is 0 Å². The fraction of sp³-hybridized carbons (Fsp3) is 0.800. The van der Waals surface area contributed by atoms with Crippen LogP contribution in [0.4, 0.5) is 0 Å². The molecule has 3 nitrogen and oxygen atoms in total. The molecule has 0 amide bonds. The maximum absolute atomic E-state index is 11.6. The monoisotopic (exact) mass is 254 g/mol. The van der Waals surface area contributed by atoms with Crippen LogP contribution < -0.4 is 0 Å². The van der Waals surface area contributed by atoms with Crippen LogP contribution in [0.2, 0.25) is 0 Å². The van der Waals surface area contributed by atoms with Crippen molar-refractivity contribution >= 4 is 5.97 Å². The summed E-state index contributed by atoms with van der Waals surface area (Å²) in [5, 5.41) is 0. The van der Waals surface area contributed by atoms with Crippen LogP contribution >= 0.6 is 0 Å². The van der Waals surface area contributed by atoms with Gasteiger partial charge in [-0.05, 0) is 19.8 Å². The minimum absolute atomic E-state index is 0.220. The summed E-state index contributed by atoms with van der Waals surface area (Å²) in [6.07, 6.45) is 7.23. The fourth-order valence-electron chi connectivity index (χ4n) is 2.64. The van der Waals surface area contributed by atoms with E-state index >= 15 is 0 Å². The minimum Gasteiger partial charge on any atom is -0.456 e. The molecule has 104 valence electrons. The van der Waals surface area contributed by atoms with Gasteiger partial charge in [0.1, 0.15) is 5.60 Å². The number of allylic oxidation sites excluding steroid dienone is 1. The first-order valence-corrected chi connectivity index (χ1v) is 7.02. The molecule has 0 aliphatic carbocycles. The third-order valence-electron chi connectivity index (χ3n) is 3.82. The van der Waals surface area contributed by atoms with Crippen LogP contribution in [0, 0.1) is 5.92 Å². The molecular formula is C15H26O3. The summed E-state index contributed by atoms with van der Waals surface area (Å²) in [5.41, 5.74) is -0.373. The SMILES string of the molecule is CC=CC(=O)OC1(C)CCOC(C(CC)CC)C1. The van der Waals surface area contributed by atoms with Gasteiger partial charge in [-0.15, -0.1) is 0 Å². The standard InChI is InChI=1S/C15H26O3/c1-5-8-14(16)18-15(4)9-10-17-13(11-15)12(6-2)7-3/h5,8,12-13H,6-7,9-11H2,1-4H3. The van der Waals surface area contributed by atoms with Crippen LogP contribution in [0.15, 0.2) is 12.2 Å². The lowest BCUT2D eigenvalue weighted by atomic mass is 9.84. The van der Waals surface area contributed by atoms with E-state index in [0.29, 0.717) is 12.5 Å². The number of hydrogen-bond acceptors (Lipinski definition) is 3. The number of carbonyl (C=O) groups is 1. The lowest BCUT2D eigenvalue weighted by Crippen LogP contribution is -2.44. The van der Waals surface area contributed by atoms with Gasteiger partial charge < -0.3 is 9.47 Å². The maximum Gasteiger partial charge on any atom is 0.330 e. The van der Waals surface area contributed by atoms with Crippen molar-refractivity contribution in [3.8, 4) is 0 Å².